The van der Waals surface area contributed by atoms with Gasteiger partial charge in [0, 0.05) is 24.9 Å². The van der Waals surface area contributed by atoms with Gasteiger partial charge in [-0.25, -0.2) is 4.98 Å². The molecule has 5 nitrogen and oxygen atoms in total. The second-order valence-electron chi connectivity index (χ2n) is 4.02. The third kappa shape index (κ3) is 3.06. The van der Waals surface area contributed by atoms with Crippen molar-refractivity contribution >= 4 is 5.91 Å². The SMILES string of the molecule is NC(CC(=O)NCc1ncc[nH]1)C1CC1. The summed E-state index contributed by atoms with van der Waals surface area (Å²) in [5.74, 6) is 1.34. The number of aromatic amines is 1. The van der Waals surface area contributed by atoms with Crippen LogP contribution in [0.5, 0.6) is 0 Å². The average molecular weight is 208 g/mol. The summed E-state index contributed by atoms with van der Waals surface area (Å²) in [6.45, 7) is 0.448. The van der Waals surface area contributed by atoms with Crippen LogP contribution in [0.4, 0.5) is 0 Å². The zero-order valence-electron chi connectivity index (χ0n) is 8.57. The molecule has 1 saturated carbocycles. The first kappa shape index (κ1) is 10.2. The minimum atomic E-state index is 0.00537. The molecule has 1 amide bonds. The summed E-state index contributed by atoms with van der Waals surface area (Å²) in [5.41, 5.74) is 5.84. The number of nitrogens with one attached hydrogen (secondary N) is 2. The quantitative estimate of drug-likeness (QED) is 0.644. The molecule has 0 radical (unpaired) electrons. The lowest BCUT2D eigenvalue weighted by atomic mass is 10.1. The second-order valence-corrected chi connectivity index (χ2v) is 4.02. The number of nitrogens with zero attached hydrogens (tertiary/aromatic N) is 1. The van der Waals surface area contributed by atoms with Crippen LogP contribution < -0.4 is 11.1 Å². The summed E-state index contributed by atoms with van der Waals surface area (Å²) in [4.78, 5) is 18.4. The van der Waals surface area contributed by atoms with Gasteiger partial charge in [0.2, 0.25) is 5.91 Å². The lowest BCUT2D eigenvalue weighted by Gasteiger charge is -2.09. The molecule has 1 unspecified atom stereocenters. The van der Waals surface area contributed by atoms with Crippen molar-refractivity contribution in [2.75, 3.05) is 0 Å². The van der Waals surface area contributed by atoms with Crippen molar-refractivity contribution in [3.8, 4) is 0 Å². The Balaban J connectivity index is 1.68. The molecular formula is C10H16N4O. The van der Waals surface area contributed by atoms with Crippen LogP contribution in [0.3, 0.4) is 0 Å². The smallest absolute Gasteiger partial charge is 0.221 e. The molecule has 1 atom stereocenters. The van der Waals surface area contributed by atoms with Crippen molar-refractivity contribution in [1.29, 1.82) is 0 Å². The van der Waals surface area contributed by atoms with Gasteiger partial charge in [0.05, 0.1) is 6.54 Å². The summed E-state index contributed by atoms with van der Waals surface area (Å²) in [6, 6.07) is 0.0293. The molecular weight excluding hydrogens is 192 g/mol. The number of amides is 1. The third-order valence-corrected chi connectivity index (χ3v) is 2.66. The predicted octanol–water partition coefficient (Wildman–Crippen LogP) is 0.153. The highest BCUT2D eigenvalue weighted by atomic mass is 16.1. The van der Waals surface area contributed by atoms with E-state index in [1.165, 1.54) is 12.8 Å². The number of rotatable bonds is 5. The van der Waals surface area contributed by atoms with Gasteiger partial charge in [0.15, 0.2) is 0 Å². The Hall–Kier alpha value is -1.36. The lowest BCUT2D eigenvalue weighted by molar-refractivity contribution is -0.121. The van der Waals surface area contributed by atoms with Crippen LogP contribution >= 0.6 is 0 Å². The van der Waals surface area contributed by atoms with E-state index in [0.717, 1.165) is 5.82 Å². The van der Waals surface area contributed by atoms with Gasteiger partial charge in [0.1, 0.15) is 5.82 Å². The van der Waals surface area contributed by atoms with E-state index in [1.807, 2.05) is 0 Å². The fraction of sp³-hybridized carbons (Fsp3) is 0.600. The maximum absolute atomic E-state index is 11.4. The van der Waals surface area contributed by atoms with E-state index in [-0.39, 0.29) is 11.9 Å². The Kier molecular flexibility index (Phi) is 3.01. The van der Waals surface area contributed by atoms with Gasteiger partial charge in [-0.2, -0.15) is 0 Å². The molecule has 1 heterocycles. The topological polar surface area (TPSA) is 83.8 Å². The Morgan fingerprint density at radius 3 is 3.13 bits per heavy atom. The Morgan fingerprint density at radius 1 is 1.73 bits per heavy atom. The number of H-pyrrole nitrogens is 1. The molecule has 4 N–H and O–H groups in total. The maximum Gasteiger partial charge on any atom is 0.221 e. The van der Waals surface area contributed by atoms with Crippen molar-refractivity contribution in [2.45, 2.75) is 31.8 Å². The van der Waals surface area contributed by atoms with Gasteiger partial charge in [-0.1, -0.05) is 0 Å². The van der Waals surface area contributed by atoms with Crippen LogP contribution in [-0.2, 0) is 11.3 Å². The molecule has 1 aliphatic rings. The van der Waals surface area contributed by atoms with E-state index < -0.39 is 0 Å². The number of aromatic nitrogens is 2. The van der Waals surface area contributed by atoms with Crippen molar-refractivity contribution in [3.63, 3.8) is 0 Å². The Morgan fingerprint density at radius 2 is 2.53 bits per heavy atom. The van der Waals surface area contributed by atoms with Crippen LogP contribution in [0.25, 0.3) is 0 Å². The molecule has 1 aliphatic carbocycles. The summed E-state index contributed by atoms with van der Waals surface area (Å²) in [6.07, 6.45) is 6.17. The second kappa shape index (κ2) is 4.44. The van der Waals surface area contributed by atoms with Crippen LogP contribution in [-0.4, -0.2) is 21.9 Å². The van der Waals surface area contributed by atoms with Crippen molar-refractivity contribution < 1.29 is 4.79 Å². The van der Waals surface area contributed by atoms with E-state index in [4.69, 9.17) is 5.73 Å². The first-order valence-electron chi connectivity index (χ1n) is 5.26. The average Bonchev–Trinajstić information content (AvgIpc) is 2.93. The monoisotopic (exact) mass is 208 g/mol. The van der Waals surface area contributed by atoms with E-state index in [2.05, 4.69) is 15.3 Å². The van der Waals surface area contributed by atoms with Gasteiger partial charge in [-0.3, -0.25) is 4.79 Å². The highest BCUT2D eigenvalue weighted by Gasteiger charge is 2.29. The number of carbonyl (C=O) groups is 1. The zero-order chi connectivity index (χ0) is 10.7. The molecule has 1 aromatic heterocycles. The Bertz CT molecular complexity index is 318. The molecule has 0 spiro atoms. The summed E-state index contributed by atoms with van der Waals surface area (Å²) in [7, 11) is 0. The molecule has 2 rings (SSSR count). The molecule has 15 heavy (non-hydrogen) atoms. The molecule has 1 fully saturated rings. The van der Waals surface area contributed by atoms with Gasteiger partial charge in [-0.15, -0.1) is 0 Å². The van der Waals surface area contributed by atoms with Crippen LogP contribution in [0.2, 0.25) is 0 Å². The molecule has 5 heteroatoms. The lowest BCUT2D eigenvalue weighted by Crippen LogP contribution is -2.32. The zero-order valence-corrected chi connectivity index (χ0v) is 8.57. The molecule has 0 aromatic carbocycles. The standard InChI is InChI=1S/C10H16N4O/c11-8(7-1-2-7)5-10(15)14-6-9-12-3-4-13-9/h3-4,7-8H,1-2,5-6,11H2,(H,12,13)(H,14,15). The van der Waals surface area contributed by atoms with Gasteiger partial charge in [0.25, 0.3) is 0 Å². The largest absolute Gasteiger partial charge is 0.349 e. The van der Waals surface area contributed by atoms with E-state index >= 15 is 0 Å². The van der Waals surface area contributed by atoms with Gasteiger partial charge in [-0.05, 0) is 18.8 Å². The number of nitrogens with two attached hydrogens (primary N) is 1. The summed E-state index contributed by atoms with van der Waals surface area (Å²) in [5, 5.41) is 2.79. The van der Waals surface area contributed by atoms with Gasteiger partial charge >= 0.3 is 0 Å². The number of carbonyl (C=O) groups excluding carboxylic acids is 1. The van der Waals surface area contributed by atoms with E-state index in [1.54, 1.807) is 12.4 Å². The van der Waals surface area contributed by atoms with Crippen molar-refractivity contribution in [2.24, 2.45) is 11.7 Å². The molecule has 0 saturated heterocycles. The highest BCUT2D eigenvalue weighted by Crippen LogP contribution is 2.32. The molecule has 82 valence electrons. The maximum atomic E-state index is 11.4. The van der Waals surface area contributed by atoms with Crippen molar-refractivity contribution in [3.05, 3.63) is 18.2 Å². The number of imidazole rings is 1. The third-order valence-electron chi connectivity index (χ3n) is 2.66. The van der Waals surface area contributed by atoms with Crippen LogP contribution in [0.1, 0.15) is 25.1 Å². The highest BCUT2D eigenvalue weighted by molar-refractivity contribution is 5.76. The summed E-state index contributed by atoms with van der Waals surface area (Å²) < 4.78 is 0. The fourth-order valence-corrected chi connectivity index (χ4v) is 1.55. The fourth-order valence-electron chi connectivity index (χ4n) is 1.55. The van der Waals surface area contributed by atoms with Crippen LogP contribution in [0.15, 0.2) is 12.4 Å². The minimum Gasteiger partial charge on any atom is -0.349 e. The number of hydrogen-bond donors (Lipinski definition) is 3. The first-order valence-corrected chi connectivity index (χ1v) is 5.26. The Labute approximate surface area is 88.5 Å². The van der Waals surface area contributed by atoms with E-state index in [9.17, 15) is 4.79 Å². The van der Waals surface area contributed by atoms with E-state index in [0.29, 0.717) is 18.9 Å². The molecule has 1 aromatic rings. The first-order chi connectivity index (χ1) is 7.25. The molecule has 0 aliphatic heterocycles. The summed E-state index contributed by atoms with van der Waals surface area (Å²) >= 11 is 0. The normalized spacial score (nSPS) is 17.4. The minimum absolute atomic E-state index is 0.00537. The predicted molar refractivity (Wildman–Crippen MR) is 55.8 cm³/mol. The molecule has 0 bridgehead atoms. The van der Waals surface area contributed by atoms with Gasteiger partial charge < -0.3 is 16.0 Å². The number of hydrogen-bond acceptors (Lipinski definition) is 3. The van der Waals surface area contributed by atoms with Crippen molar-refractivity contribution in [1.82, 2.24) is 15.3 Å². The van der Waals surface area contributed by atoms with Crippen LogP contribution in [0, 0.1) is 5.92 Å².